The first-order valence-corrected chi connectivity index (χ1v) is 9.36. The number of nitrogens with one attached hydrogen (secondary N) is 1. The average molecular weight is 335 g/mol. The highest BCUT2D eigenvalue weighted by Gasteiger charge is 2.28. The van der Waals surface area contributed by atoms with Crippen LogP contribution in [0.5, 0.6) is 0 Å². The molecule has 0 aromatic heterocycles. The van der Waals surface area contributed by atoms with Crippen molar-refractivity contribution in [2.45, 2.75) is 32.2 Å². The summed E-state index contributed by atoms with van der Waals surface area (Å²) in [6, 6.07) is 8.44. The zero-order chi connectivity index (χ0) is 16.9. The van der Waals surface area contributed by atoms with Gasteiger partial charge in [-0.2, -0.15) is 5.26 Å². The van der Waals surface area contributed by atoms with E-state index in [4.69, 9.17) is 5.26 Å². The smallest absolute Gasteiger partial charge is 0.251 e. The number of rotatable bonds is 5. The first-order chi connectivity index (χ1) is 11.0. The molecule has 0 unspecified atom stereocenters. The van der Waals surface area contributed by atoms with Crippen molar-refractivity contribution in [1.82, 2.24) is 9.62 Å². The summed E-state index contributed by atoms with van der Waals surface area (Å²) in [5.74, 6) is -0.0146. The fourth-order valence-corrected chi connectivity index (χ4v) is 4.17. The standard InChI is InChI=1S/C16H21N3O3S/c1-2-11-23(21,22)19-9-7-15(8-10-19)18-16(20)14-5-3-13(12-17)4-6-14/h3-6,15H,2,7-11H2,1H3,(H,18,20). The molecule has 2 rings (SSSR count). The van der Waals surface area contributed by atoms with Gasteiger partial charge in [-0.15, -0.1) is 0 Å². The van der Waals surface area contributed by atoms with Crippen LogP contribution in [0.15, 0.2) is 24.3 Å². The van der Waals surface area contributed by atoms with Crippen molar-refractivity contribution >= 4 is 15.9 Å². The number of carbonyl (C=O) groups is 1. The SMILES string of the molecule is CCCS(=O)(=O)N1CCC(NC(=O)c2ccc(C#N)cc2)CC1. The molecule has 1 aromatic carbocycles. The Morgan fingerprint density at radius 1 is 1.30 bits per heavy atom. The van der Waals surface area contributed by atoms with Crippen molar-refractivity contribution in [3.8, 4) is 6.07 Å². The number of piperidine rings is 1. The van der Waals surface area contributed by atoms with Crippen LogP contribution in [0.2, 0.25) is 0 Å². The minimum Gasteiger partial charge on any atom is -0.349 e. The molecule has 1 heterocycles. The van der Waals surface area contributed by atoms with Gasteiger partial charge in [-0.25, -0.2) is 12.7 Å². The van der Waals surface area contributed by atoms with Crippen molar-refractivity contribution in [2.24, 2.45) is 0 Å². The van der Waals surface area contributed by atoms with Gasteiger partial charge in [-0.3, -0.25) is 4.79 Å². The molecule has 0 aliphatic carbocycles. The third-order valence-corrected chi connectivity index (χ3v) is 6.00. The van der Waals surface area contributed by atoms with E-state index in [0.29, 0.717) is 43.5 Å². The second-order valence-corrected chi connectivity index (χ2v) is 7.74. The topological polar surface area (TPSA) is 90.3 Å². The second kappa shape index (κ2) is 7.57. The van der Waals surface area contributed by atoms with Gasteiger partial charge in [0.1, 0.15) is 0 Å². The molecular formula is C16H21N3O3S. The number of amides is 1. The van der Waals surface area contributed by atoms with E-state index in [0.717, 1.165) is 0 Å². The number of nitriles is 1. The Hall–Kier alpha value is -1.91. The Kier molecular flexibility index (Phi) is 5.74. The predicted octanol–water partition coefficient (Wildman–Crippen LogP) is 1.49. The maximum Gasteiger partial charge on any atom is 0.251 e. The number of hydrogen-bond acceptors (Lipinski definition) is 4. The van der Waals surface area contributed by atoms with Crippen LogP contribution in [0.4, 0.5) is 0 Å². The van der Waals surface area contributed by atoms with Gasteiger partial charge in [0.15, 0.2) is 0 Å². The Morgan fingerprint density at radius 3 is 2.43 bits per heavy atom. The zero-order valence-corrected chi connectivity index (χ0v) is 14.0. The summed E-state index contributed by atoms with van der Waals surface area (Å²) in [6.07, 6.45) is 1.84. The Morgan fingerprint density at radius 2 is 1.91 bits per heavy atom. The van der Waals surface area contributed by atoms with Crippen LogP contribution < -0.4 is 5.32 Å². The lowest BCUT2D eigenvalue weighted by Gasteiger charge is -2.31. The fraction of sp³-hybridized carbons (Fsp3) is 0.500. The summed E-state index contributed by atoms with van der Waals surface area (Å²) in [7, 11) is -3.16. The maximum atomic E-state index is 12.2. The van der Waals surface area contributed by atoms with Crippen molar-refractivity contribution in [1.29, 1.82) is 5.26 Å². The van der Waals surface area contributed by atoms with Crippen LogP contribution in [0.25, 0.3) is 0 Å². The van der Waals surface area contributed by atoms with Gasteiger partial charge < -0.3 is 5.32 Å². The molecule has 7 heteroatoms. The zero-order valence-electron chi connectivity index (χ0n) is 13.2. The minimum absolute atomic E-state index is 0.0220. The average Bonchev–Trinajstić information content (AvgIpc) is 2.55. The number of hydrogen-bond donors (Lipinski definition) is 1. The minimum atomic E-state index is -3.16. The van der Waals surface area contributed by atoms with Gasteiger partial charge in [0, 0.05) is 24.7 Å². The highest BCUT2D eigenvalue weighted by Crippen LogP contribution is 2.15. The van der Waals surface area contributed by atoms with Gasteiger partial charge >= 0.3 is 0 Å². The van der Waals surface area contributed by atoms with Gasteiger partial charge in [-0.1, -0.05) is 6.92 Å². The molecule has 1 amide bonds. The van der Waals surface area contributed by atoms with E-state index in [-0.39, 0.29) is 17.7 Å². The molecule has 6 nitrogen and oxygen atoms in total. The first-order valence-electron chi connectivity index (χ1n) is 7.75. The Balaban J connectivity index is 1.88. The lowest BCUT2D eigenvalue weighted by molar-refractivity contribution is 0.0924. The van der Waals surface area contributed by atoms with Crippen LogP contribution in [0.1, 0.15) is 42.1 Å². The van der Waals surface area contributed by atoms with Crippen LogP contribution in [0.3, 0.4) is 0 Å². The summed E-state index contributed by atoms with van der Waals surface area (Å²) in [5.41, 5.74) is 1.01. The summed E-state index contributed by atoms with van der Waals surface area (Å²) in [4.78, 5) is 12.2. The number of sulfonamides is 1. The molecule has 124 valence electrons. The number of nitrogens with zero attached hydrogens (tertiary/aromatic N) is 2. The molecule has 23 heavy (non-hydrogen) atoms. The molecule has 1 aliphatic rings. The molecule has 0 saturated carbocycles. The highest BCUT2D eigenvalue weighted by atomic mass is 32.2. The lowest BCUT2D eigenvalue weighted by Crippen LogP contribution is -2.47. The summed E-state index contributed by atoms with van der Waals surface area (Å²) in [5, 5.41) is 11.7. The highest BCUT2D eigenvalue weighted by molar-refractivity contribution is 7.89. The molecular weight excluding hydrogens is 314 g/mol. The lowest BCUT2D eigenvalue weighted by atomic mass is 10.1. The molecule has 1 fully saturated rings. The third kappa shape index (κ3) is 4.53. The van der Waals surface area contributed by atoms with E-state index in [1.807, 2.05) is 13.0 Å². The van der Waals surface area contributed by atoms with Crippen LogP contribution in [-0.4, -0.2) is 43.5 Å². The number of benzene rings is 1. The molecule has 1 aromatic rings. The predicted molar refractivity (Wildman–Crippen MR) is 87.3 cm³/mol. The Bertz CT molecular complexity index is 684. The molecule has 0 spiro atoms. The molecule has 1 N–H and O–H groups in total. The molecule has 1 aliphatic heterocycles. The van der Waals surface area contributed by atoms with Crippen molar-refractivity contribution < 1.29 is 13.2 Å². The van der Waals surface area contributed by atoms with E-state index in [9.17, 15) is 13.2 Å². The summed E-state index contributed by atoms with van der Waals surface area (Å²) < 4.78 is 25.5. The summed E-state index contributed by atoms with van der Waals surface area (Å²) in [6.45, 7) is 2.74. The van der Waals surface area contributed by atoms with E-state index in [1.165, 1.54) is 4.31 Å². The largest absolute Gasteiger partial charge is 0.349 e. The monoisotopic (exact) mass is 335 g/mol. The van der Waals surface area contributed by atoms with Crippen LogP contribution >= 0.6 is 0 Å². The van der Waals surface area contributed by atoms with Gasteiger partial charge in [0.05, 0.1) is 17.4 Å². The van der Waals surface area contributed by atoms with Crippen molar-refractivity contribution in [3.63, 3.8) is 0 Å². The van der Waals surface area contributed by atoms with E-state index >= 15 is 0 Å². The molecule has 1 saturated heterocycles. The van der Waals surface area contributed by atoms with Crippen LogP contribution in [-0.2, 0) is 10.0 Å². The van der Waals surface area contributed by atoms with Crippen molar-refractivity contribution in [2.75, 3.05) is 18.8 Å². The first kappa shape index (κ1) is 17.4. The van der Waals surface area contributed by atoms with Gasteiger partial charge in [-0.05, 0) is 43.5 Å². The second-order valence-electron chi connectivity index (χ2n) is 5.65. The quantitative estimate of drug-likeness (QED) is 0.883. The van der Waals surface area contributed by atoms with E-state index in [2.05, 4.69) is 5.32 Å². The molecule has 0 bridgehead atoms. The molecule has 0 radical (unpaired) electrons. The maximum absolute atomic E-state index is 12.2. The Labute approximate surface area is 137 Å². The van der Waals surface area contributed by atoms with Gasteiger partial charge in [0.2, 0.25) is 10.0 Å². The van der Waals surface area contributed by atoms with Crippen LogP contribution in [0, 0.1) is 11.3 Å². The number of carbonyl (C=O) groups excluding carboxylic acids is 1. The fourth-order valence-electron chi connectivity index (χ4n) is 2.63. The van der Waals surface area contributed by atoms with Gasteiger partial charge in [0.25, 0.3) is 5.91 Å². The third-order valence-electron chi connectivity index (χ3n) is 3.92. The normalized spacial score (nSPS) is 16.7. The van der Waals surface area contributed by atoms with E-state index < -0.39 is 10.0 Å². The van der Waals surface area contributed by atoms with E-state index in [1.54, 1.807) is 24.3 Å². The van der Waals surface area contributed by atoms with Crippen molar-refractivity contribution in [3.05, 3.63) is 35.4 Å². The molecule has 0 atom stereocenters. The summed E-state index contributed by atoms with van der Waals surface area (Å²) >= 11 is 0.